The van der Waals surface area contributed by atoms with Crippen molar-refractivity contribution in [2.75, 3.05) is 0 Å². The van der Waals surface area contributed by atoms with E-state index in [1.165, 1.54) is 11.6 Å². The molecule has 0 spiro atoms. The van der Waals surface area contributed by atoms with Gasteiger partial charge in [-0.25, -0.2) is 5.43 Å². The van der Waals surface area contributed by atoms with Crippen LogP contribution in [0.5, 0.6) is 11.5 Å². The first kappa shape index (κ1) is 21.2. The Bertz CT molecular complexity index is 1510. The van der Waals surface area contributed by atoms with Crippen molar-refractivity contribution < 1.29 is 14.6 Å². The second kappa shape index (κ2) is 9.46. The summed E-state index contributed by atoms with van der Waals surface area (Å²) in [5, 5.41) is 18.4. The van der Waals surface area contributed by atoms with E-state index >= 15 is 0 Å². The van der Waals surface area contributed by atoms with Crippen LogP contribution in [0.3, 0.4) is 0 Å². The quantitative estimate of drug-likeness (QED) is 0.247. The van der Waals surface area contributed by atoms with Crippen LogP contribution in [-0.4, -0.2) is 17.2 Å². The minimum absolute atomic E-state index is 0.104. The molecule has 34 heavy (non-hydrogen) atoms. The topological polar surface area (TPSA) is 70.9 Å². The van der Waals surface area contributed by atoms with Gasteiger partial charge in [0.1, 0.15) is 18.1 Å². The smallest absolute Gasteiger partial charge is 0.271 e. The maximum Gasteiger partial charge on any atom is 0.271 e. The van der Waals surface area contributed by atoms with Gasteiger partial charge >= 0.3 is 0 Å². The highest BCUT2D eigenvalue weighted by Gasteiger charge is 2.07. The Kier molecular flexibility index (Phi) is 5.91. The number of rotatable bonds is 6. The lowest BCUT2D eigenvalue weighted by molar-refractivity contribution is 0.0955. The molecule has 0 atom stereocenters. The molecule has 0 saturated heterocycles. The SMILES string of the molecule is O=C(NN=Cc1c(O)ccc2ccccc12)c1ccc(COc2ccc3ccccc3c2)cc1. The molecule has 0 bridgehead atoms. The number of carbonyl (C=O) groups excluding carboxylic acids is 1. The van der Waals surface area contributed by atoms with Crippen molar-refractivity contribution in [3.63, 3.8) is 0 Å². The molecule has 0 radical (unpaired) electrons. The Balaban J connectivity index is 1.21. The van der Waals surface area contributed by atoms with E-state index in [-0.39, 0.29) is 11.7 Å². The van der Waals surface area contributed by atoms with Gasteiger partial charge in [0.15, 0.2) is 0 Å². The van der Waals surface area contributed by atoms with Gasteiger partial charge in [-0.15, -0.1) is 0 Å². The molecule has 5 rings (SSSR count). The highest BCUT2D eigenvalue weighted by Crippen LogP contribution is 2.25. The van der Waals surface area contributed by atoms with Crippen LogP contribution in [0, 0.1) is 0 Å². The summed E-state index contributed by atoms with van der Waals surface area (Å²) in [6.45, 7) is 0.402. The molecular weight excluding hydrogens is 424 g/mol. The second-order valence-corrected chi connectivity index (χ2v) is 7.91. The van der Waals surface area contributed by atoms with E-state index < -0.39 is 0 Å². The first-order chi connectivity index (χ1) is 16.7. The first-order valence-electron chi connectivity index (χ1n) is 10.9. The maximum absolute atomic E-state index is 12.5. The van der Waals surface area contributed by atoms with Gasteiger partial charge < -0.3 is 9.84 Å². The Morgan fingerprint density at radius 1 is 0.824 bits per heavy atom. The van der Waals surface area contributed by atoms with Crippen molar-refractivity contribution in [3.8, 4) is 11.5 Å². The average molecular weight is 447 g/mol. The summed E-state index contributed by atoms with van der Waals surface area (Å²) in [4.78, 5) is 12.5. The number of hydrazone groups is 1. The maximum atomic E-state index is 12.5. The summed E-state index contributed by atoms with van der Waals surface area (Å²) in [6.07, 6.45) is 1.46. The number of hydrogen-bond acceptors (Lipinski definition) is 4. The van der Waals surface area contributed by atoms with Crippen LogP contribution in [0.2, 0.25) is 0 Å². The number of phenolic OH excluding ortho intramolecular Hbond substituents is 1. The Labute approximate surface area is 196 Å². The molecule has 1 amide bonds. The summed E-state index contributed by atoms with van der Waals surface area (Å²) >= 11 is 0. The summed E-state index contributed by atoms with van der Waals surface area (Å²) in [7, 11) is 0. The largest absolute Gasteiger partial charge is 0.507 e. The molecule has 166 valence electrons. The number of nitrogens with zero attached hydrogens (tertiary/aromatic N) is 1. The van der Waals surface area contributed by atoms with Crippen LogP contribution in [0.4, 0.5) is 0 Å². The highest BCUT2D eigenvalue weighted by molar-refractivity contribution is 6.03. The Morgan fingerprint density at radius 3 is 2.35 bits per heavy atom. The molecule has 0 aliphatic carbocycles. The van der Waals surface area contributed by atoms with Crippen molar-refractivity contribution >= 4 is 33.7 Å². The molecule has 0 heterocycles. The number of aromatic hydroxyl groups is 1. The van der Waals surface area contributed by atoms with Gasteiger partial charge in [0.2, 0.25) is 0 Å². The Hall–Kier alpha value is -4.64. The number of hydrogen-bond donors (Lipinski definition) is 2. The molecular formula is C29H22N2O3. The lowest BCUT2D eigenvalue weighted by Crippen LogP contribution is -2.17. The fourth-order valence-electron chi connectivity index (χ4n) is 3.82. The third-order valence-corrected chi connectivity index (χ3v) is 5.65. The predicted molar refractivity (Wildman–Crippen MR) is 135 cm³/mol. The molecule has 5 aromatic carbocycles. The molecule has 2 N–H and O–H groups in total. The second-order valence-electron chi connectivity index (χ2n) is 7.91. The molecule has 5 aromatic rings. The lowest BCUT2D eigenvalue weighted by Gasteiger charge is -2.08. The number of fused-ring (bicyclic) bond motifs is 2. The van der Waals surface area contributed by atoms with Gasteiger partial charge in [-0.1, -0.05) is 72.8 Å². The van der Waals surface area contributed by atoms with Crippen molar-refractivity contribution in [2.45, 2.75) is 6.61 Å². The van der Waals surface area contributed by atoms with E-state index in [9.17, 15) is 9.90 Å². The van der Waals surface area contributed by atoms with E-state index in [1.54, 1.807) is 18.2 Å². The monoisotopic (exact) mass is 446 g/mol. The average Bonchev–Trinajstić information content (AvgIpc) is 2.89. The minimum Gasteiger partial charge on any atom is -0.507 e. The number of benzene rings is 5. The minimum atomic E-state index is -0.335. The third-order valence-electron chi connectivity index (χ3n) is 5.65. The van der Waals surface area contributed by atoms with E-state index in [0.29, 0.717) is 17.7 Å². The Morgan fingerprint density at radius 2 is 1.53 bits per heavy atom. The molecule has 0 aliphatic heterocycles. The van der Waals surface area contributed by atoms with Gasteiger partial charge in [0.25, 0.3) is 5.91 Å². The van der Waals surface area contributed by atoms with Crippen molar-refractivity contribution in [3.05, 3.63) is 120 Å². The summed E-state index contributed by atoms with van der Waals surface area (Å²) in [5.74, 6) is 0.567. The molecule has 5 heteroatoms. The van der Waals surface area contributed by atoms with Crippen molar-refractivity contribution in [2.24, 2.45) is 5.10 Å². The summed E-state index contributed by atoms with van der Waals surface area (Å²) in [6, 6.07) is 32.5. The van der Waals surface area contributed by atoms with Crippen LogP contribution >= 0.6 is 0 Å². The third kappa shape index (κ3) is 4.59. The zero-order valence-electron chi connectivity index (χ0n) is 18.3. The van der Waals surface area contributed by atoms with Gasteiger partial charge in [-0.3, -0.25) is 4.79 Å². The molecule has 0 aliphatic rings. The van der Waals surface area contributed by atoms with Crippen LogP contribution in [0.15, 0.2) is 108 Å². The van der Waals surface area contributed by atoms with Crippen LogP contribution in [0.1, 0.15) is 21.5 Å². The number of nitrogens with one attached hydrogen (secondary N) is 1. The molecule has 5 nitrogen and oxygen atoms in total. The molecule has 0 saturated carbocycles. The zero-order valence-corrected chi connectivity index (χ0v) is 18.3. The fraction of sp³-hybridized carbons (Fsp3) is 0.0345. The summed E-state index contributed by atoms with van der Waals surface area (Å²) < 4.78 is 5.91. The molecule has 0 fully saturated rings. The van der Waals surface area contributed by atoms with Crippen LogP contribution in [-0.2, 0) is 6.61 Å². The molecule has 0 unspecified atom stereocenters. The number of phenols is 1. The fourth-order valence-corrected chi connectivity index (χ4v) is 3.82. The van der Waals surface area contributed by atoms with Gasteiger partial charge in [-0.05, 0) is 57.4 Å². The van der Waals surface area contributed by atoms with Crippen LogP contribution < -0.4 is 10.2 Å². The zero-order chi connectivity index (χ0) is 23.3. The van der Waals surface area contributed by atoms with E-state index in [2.05, 4.69) is 22.7 Å². The number of carbonyl (C=O) groups is 1. The standard InChI is InChI=1S/C29H22N2O3/c32-28-16-14-22-6-3-4-8-26(22)27(28)18-30-31-29(33)23-11-9-20(10-12-23)19-34-25-15-13-21-5-1-2-7-24(21)17-25/h1-18,32H,19H2,(H,31,33). The summed E-state index contributed by atoms with van der Waals surface area (Å²) in [5.41, 5.74) is 4.51. The van der Waals surface area contributed by atoms with Gasteiger partial charge in [-0.2, -0.15) is 5.10 Å². The normalized spacial score (nSPS) is 11.2. The molecule has 0 aromatic heterocycles. The van der Waals surface area contributed by atoms with Gasteiger partial charge in [0.05, 0.1) is 6.21 Å². The van der Waals surface area contributed by atoms with Gasteiger partial charge in [0, 0.05) is 11.1 Å². The van der Waals surface area contributed by atoms with Crippen molar-refractivity contribution in [1.82, 2.24) is 5.43 Å². The van der Waals surface area contributed by atoms with Crippen molar-refractivity contribution in [1.29, 1.82) is 0 Å². The number of amides is 1. The van der Waals surface area contributed by atoms with Crippen LogP contribution in [0.25, 0.3) is 21.5 Å². The highest BCUT2D eigenvalue weighted by atomic mass is 16.5. The first-order valence-corrected chi connectivity index (χ1v) is 10.9. The lowest BCUT2D eigenvalue weighted by atomic mass is 10.0. The van der Waals surface area contributed by atoms with E-state index in [4.69, 9.17) is 4.74 Å². The van der Waals surface area contributed by atoms with E-state index in [1.807, 2.05) is 72.8 Å². The van der Waals surface area contributed by atoms with E-state index in [0.717, 1.165) is 27.5 Å². The predicted octanol–water partition coefficient (Wildman–Crippen LogP) is 6.04. The number of ether oxygens (including phenoxy) is 1.